The second kappa shape index (κ2) is 3.16. The molecule has 0 unspecified atom stereocenters. The van der Waals surface area contributed by atoms with Crippen LogP contribution in [0, 0.1) is 0 Å². The molecular weight excluding hydrogens is 264 g/mol. The molecule has 62 valence electrons. The Balaban J connectivity index is 2.50. The number of furan rings is 1. The van der Waals surface area contributed by atoms with Gasteiger partial charge in [0.25, 0.3) is 0 Å². The summed E-state index contributed by atoms with van der Waals surface area (Å²) in [5.74, 6) is 0. The molecule has 0 aliphatic carbocycles. The molecule has 2 rings (SSSR count). The third-order valence-corrected chi connectivity index (χ3v) is 2.93. The standard InChI is InChI=1S/C6H2BrClN2OS/c7-6-10-9-5(12-6)3-1-2-11-4(3)8/h1-2H. The van der Waals surface area contributed by atoms with Gasteiger partial charge in [0, 0.05) is 0 Å². The highest BCUT2D eigenvalue weighted by Crippen LogP contribution is 2.32. The van der Waals surface area contributed by atoms with Crippen LogP contribution in [0.3, 0.4) is 0 Å². The molecule has 0 spiro atoms. The molecule has 0 aliphatic heterocycles. The van der Waals surface area contributed by atoms with E-state index in [4.69, 9.17) is 16.0 Å². The third-order valence-electron chi connectivity index (χ3n) is 1.25. The van der Waals surface area contributed by atoms with Gasteiger partial charge >= 0.3 is 0 Å². The molecule has 2 aromatic heterocycles. The van der Waals surface area contributed by atoms with E-state index in [-0.39, 0.29) is 0 Å². The minimum Gasteiger partial charge on any atom is -0.452 e. The lowest BCUT2D eigenvalue weighted by Gasteiger charge is -1.85. The molecule has 0 amide bonds. The molecule has 6 heteroatoms. The van der Waals surface area contributed by atoms with E-state index in [0.29, 0.717) is 5.22 Å². The number of hydrogen-bond donors (Lipinski definition) is 0. The van der Waals surface area contributed by atoms with Gasteiger partial charge in [-0.15, -0.1) is 10.2 Å². The fraction of sp³-hybridized carbons (Fsp3) is 0. The van der Waals surface area contributed by atoms with Crippen molar-refractivity contribution < 1.29 is 4.42 Å². The van der Waals surface area contributed by atoms with Crippen molar-refractivity contribution in [2.75, 3.05) is 0 Å². The fourth-order valence-electron chi connectivity index (χ4n) is 0.760. The Morgan fingerprint density at radius 3 is 2.83 bits per heavy atom. The Bertz CT molecular complexity index is 400. The quantitative estimate of drug-likeness (QED) is 0.795. The average Bonchev–Trinajstić information content (AvgIpc) is 2.58. The molecular formula is C6H2BrClN2OS. The number of rotatable bonds is 1. The van der Waals surface area contributed by atoms with Crippen molar-refractivity contribution in [3.8, 4) is 10.6 Å². The molecule has 0 fully saturated rings. The van der Waals surface area contributed by atoms with Crippen LogP contribution in [0.4, 0.5) is 0 Å². The second-order valence-corrected chi connectivity index (χ2v) is 4.56. The molecule has 0 bridgehead atoms. The first-order chi connectivity index (χ1) is 5.77. The molecule has 2 heterocycles. The van der Waals surface area contributed by atoms with Crippen LogP contribution in [0.2, 0.25) is 5.22 Å². The SMILES string of the molecule is Clc1occc1-c1nnc(Br)s1. The van der Waals surface area contributed by atoms with Gasteiger partial charge in [-0.3, -0.25) is 0 Å². The predicted molar refractivity (Wildman–Crippen MR) is 50.3 cm³/mol. The van der Waals surface area contributed by atoms with Gasteiger partial charge in [-0.2, -0.15) is 0 Å². The first-order valence-corrected chi connectivity index (χ1v) is 4.98. The van der Waals surface area contributed by atoms with Gasteiger partial charge in [0.2, 0.25) is 5.22 Å². The summed E-state index contributed by atoms with van der Waals surface area (Å²) in [5, 5.41) is 8.79. The lowest BCUT2D eigenvalue weighted by atomic mass is 10.4. The van der Waals surface area contributed by atoms with E-state index in [1.807, 2.05) is 0 Å². The zero-order chi connectivity index (χ0) is 8.55. The van der Waals surface area contributed by atoms with E-state index >= 15 is 0 Å². The van der Waals surface area contributed by atoms with Crippen LogP contribution >= 0.6 is 38.9 Å². The number of hydrogen-bond acceptors (Lipinski definition) is 4. The lowest BCUT2D eigenvalue weighted by molar-refractivity contribution is 0.570. The Morgan fingerprint density at radius 1 is 1.50 bits per heavy atom. The van der Waals surface area contributed by atoms with Crippen molar-refractivity contribution in [2.45, 2.75) is 0 Å². The molecule has 2 aromatic rings. The fourth-order valence-corrected chi connectivity index (χ4v) is 2.15. The molecule has 3 nitrogen and oxygen atoms in total. The smallest absolute Gasteiger partial charge is 0.203 e. The zero-order valence-electron chi connectivity index (χ0n) is 5.62. The van der Waals surface area contributed by atoms with E-state index < -0.39 is 0 Å². The van der Waals surface area contributed by atoms with Crippen LogP contribution in [0.15, 0.2) is 20.7 Å². The summed E-state index contributed by atoms with van der Waals surface area (Å²) in [6.07, 6.45) is 1.52. The van der Waals surface area contributed by atoms with Gasteiger partial charge < -0.3 is 4.42 Å². The monoisotopic (exact) mass is 264 g/mol. The van der Waals surface area contributed by atoms with Crippen molar-refractivity contribution in [3.63, 3.8) is 0 Å². The van der Waals surface area contributed by atoms with Crippen LogP contribution in [-0.2, 0) is 0 Å². The average molecular weight is 266 g/mol. The topological polar surface area (TPSA) is 38.9 Å². The van der Waals surface area contributed by atoms with Gasteiger partial charge in [-0.05, 0) is 33.6 Å². The highest BCUT2D eigenvalue weighted by atomic mass is 79.9. The van der Waals surface area contributed by atoms with Crippen molar-refractivity contribution in [3.05, 3.63) is 21.5 Å². The minimum atomic E-state index is 0.346. The number of aromatic nitrogens is 2. The maximum absolute atomic E-state index is 5.74. The summed E-state index contributed by atoms with van der Waals surface area (Å²) in [7, 11) is 0. The van der Waals surface area contributed by atoms with Crippen LogP contribution in [0.5, 0.6) is 0 Å². The summed E-state index contributed by atoms with van der Waals surface area (Å²) in [4.78, 5) is 0. The Kier molecular flexibility index (Phi) is 2.16. The first-order valence-electron chi connectivity index (χ1n) is 3.00. The van der Waals surface area contributed by atoms with E-state index in [0.717, 1.165) is 14.5 Å². The summed E-state index contributed by atoms with van der Waals surface area (Å²) in [6, 6.07) is 1.76. The predicted octanol–water partition coefficient (Wildman–Crippen LogP) is 3.21. The van der Waals surface area contributed by atoms with Gasteiger partial charge in [-0.25, -0.2) is 0 Å². The lowest BCUT2D eigenvalue weighted by Crippen LogP contribution is -1.72. The first kappa shape index (κ1) is 8.22. The van der Waals surface area contributed by atoms with Crippen LogP contribution in [-0.4, -0.2) is 10.2 Å². The second-order valence-electron chi connectivity index (χ2n) is 1.97. The summed E-state index contributed by atoms with van der Waals surface area (Å²) >= 11 is 10.4. The molecule has 0 N–H and O–H groups in total. The minimum absolute atomic E-state index is 0.346. The number of halogens is 2. The molecule has 12 heavy (non-hydrogen) atoms. The van der Waals surface area contributed by atoms with Crippen LogP contribution in [0.25, 0.3) is 10.6 Å². The highest BCUT2D eigenvalue weighted by molar-refractivity contribution is 9.11. The Hall–Kier alpha value is -0.390. The van der Waals surface area contributed by atoms with E-state index in [1.54, 1.807) is 6.07 Å². The maximum atomic E-state index is 5.74. The van der Waals surface area contributed by atoms with Gasteiger partial charge in [0.05, 0.1) is 11.8 Å². The van der Waals surface area contributed by atoms with Crippen molar-refractivity contribution >= 4 is 38.9 Å². The van der Waals surface area contributed by atoms with Gasteiger partial charge in [0.1, 0.15) is 0 Å². The summed E-state index contributed by atoms with van der Waals surface area (Å²) in [5.41, 5.74) is 0.778. The van der Waals surface area contributed by atoms with E-state index in [1.165, 1.54) is 17.6 Å². The van der Waals surface area contributed by atoms with Gasteiger partial charge in [0.15, 0.2) is 8.92 Å². The highest BCUT2D eigenvalue weighted by Gasteiger charge is 2.10. The molecule has 0 aliphatic rings. The summed E-state index contributed by atoms with van der Waals surface area (Å²) in [6.45, 7) is 0. The zero-order valence-corrected chi connectivity index (χ0v) is 8.78. The third kappa shape index (κ3) is 1.39. The Morgan fingerprint density at radius 2 is 2.33 bits per heavy atom. The molecule has 0 radical (unpaired) electrons. The van der Waals surface area contributed by atoms with Crippen LogP contribution < -0.4 is 0 Å². The van der Waals surface area contributed by atoms with E-state index in [2.05, 4.69) is 26.1 Å². The van der Waals surface area contributed by atoms with Gasteiger partial charge in [-0.1, -0.05) is 11.3 Å². The summed E-state index contributed by atoms with van der Waals surface area (Å²) < 4.78 is 5.65. The molecule has 0 saturated heterocycles. The van der Waals surface area contributed by atoms with Crippen molar-refractivity contribution in [2.24, 2.45) is 0 Å². The van der Waals surface area contributed by atoms with E-state index in [9.17, 15) is 0 Å². The maximum Gasteiger partial charge on any atom is 0.203 e. The molecule has 0 saturated carbocycles. The van der Waals surface area contributed by atoms with Crippen molar-refractivity contribution in [1.82, 2.24) is 10.2 Å². The van der Waals surface area contributed by atoms with Crippen molar-refractivity contribution in [1.29, 1.82) is 0 Å². The Labute approximate surface area is 85.5 Å². The molecule has 0 atom stereocenters. The largest absolute Gasteiger partial charge is 0.452 e. The molecule has 0 aromatic carbocycles. The normalized spacial score (nSPS) is 10.5. The van der Waals surface area contributed by atoms with Crippen LogP contribution in [0.1, 0.15) is 0 Å². The number of nitrogens with zero attached hydrogens (tertiary/aromatic N) is 2.